The number of halogens is 1. The molecule has 0 radical (unpaired) electrons. The van der Waals surface area contributed by atoms with Gasteiger partial charge >= 0.3 is 0 Å². The number of carbonyl (C=O) groups excluding carboxylic acids is 1. The minimum Gasteiger partial charge on any atom is -0.487 e. The maximum Gasteiger partial charge on any atom is 0.161 e. The van der Waals surface area contributed by atoms with Crippen molar-refractivity contribution in [2.24, 2.45) is 0 Å². The molecule has 2 aromatic carbocycles. The molecule has 3 rings (SSSR count). The SMILES string of the molecule is CN1CCC(=O)/C(=C/c2ccc(OCc3ccccc3)c(Cl)c2)C1. The highest BCUT2D eigenvalue weighted by Crippen LogP contribution is 2.27. The number of likely N-dealkylation sites (tertiary alicyclic amines) is 1. The maximum absolute atomic E-state index is 12.0. The Balaban J connectivity index is 1.71. The van der Waals surface area contributed by atoms with Crippen LogP contribution in [0.25, 0.3) is 6.08 Å². The van der Waals surface area contributed by atoms with E-state index >= 15 is 0 Å². The molecule has 0 unspecified atom stereocenters. The molecule has 2 aromatic rings. The number of rotatable bonds is 4. The van der Waals surface area contributed by atoms with E-state index in [9.17, 15) is 4.79 Å². The average Bonchev–Trinajstić information content (AvgIpc) is 2.58. The summed E-state index contributed by atoms with van der Waals surface area (Å²) in [5.41, 5.74) is 2.85. The predicted octanol–water partition coefficient (Wildman–Crippen LogP) is 4.21. The minimum atomic E-state index is 0.216. The van der Waals surface area contributed by atoms with Crippen LogP contribution >= 0.6 is 11.6 Å². The van der Waals surface area contributed by atoms with Crippen LogP contribution in [0.5, 0.6) is 5.75 Å². The molecule has 0 aliphatic carbocycles. The molecule has 0 spiro atoms. The Labute approximate surface area is 147 Å². The molecule has 1 aliphatic heterocycles. The molecular weight excluding hydrogens is 322 g/mol. The fourth-order valence-electron chi connectivity index (χ4n) is 2.70. The van der Waals surface area contributed by atoms with E-state index in [2.05, 4.69) is 4.90 Å². The lowest BCUT2D eigenvalue weighted by molar-refractivity contribution is -0.117. The molecule has 0 N–H and O–H groups in total. The second-order valence-corrected chi connectivity index (χ2v) is 6.45. The first-order valence-electron chi connectivity index (χ1n) is 8.00. The highest BCUT2D eigenvalue weighted by atomic mass is 35.5. The monoisotopic (exact) mass is 341 g/mol. The first kappa shape index (κ1) is 16.7. The first-order chi connectivity index (χ1) is 11.6. The normalized spacial score (nSPS) is 17.2. The van der Waals surface area contributed by atoms with Gasteiger partial charge in [-0.25, -0.2) is 0 Å². The number of piperidine rings is 1. The topological polar surface area (TPSA) is 29.5 Å². The average molecular weight is 342 g/mol. The van der Waals surface area contributed by atoms with E-state index in [0.29, 0.717) is 30.3 Å². The van der Waals surface area contributed by atoms with Crippen LogP contribution in [-0.4, -0.2) is 30.8 Å². The molecule has 1 fully saturated rings. The van der Waals surface area contributed by atoms with Crippen LogP contribution in [0.1, 0.15) is 17.5 Å². The zero-order chi connectivity index (χ0) is 16.9. The molecule has 0 saturated carbocycles. The van der Waals surface area contributed by atoms with Crippen LogP contribution in [0.3, 0.4) is 0 Å². The van der Waals surface area contributed by atoms with Gasteiger partial charge in [-0.15, -0.1) is 0 Å². The van der Waals surface area contributed by atoms with E-state index in [-0.39, 0.29) is 5.78 Å². The number of hydrogen-bond acceptors (Lipinski definition) is 3. The predicted molar refractivity (Wildman–Crippen MR) is 97.3 cm³/mol. The number of hydrogen-bond donors (Lipinski definition) is 0. The number of ketones is 1. The highest BCUT2D eigenvalue weighted by Gasteiger charge is 2.18. The second kappa shape index (κ2) is 7.65. The van der Waals surface area contributed by atoms with Crippen molar-refractivity contribution in [1.29, 1.82) is 0 Å². The summed E-state index contributed by atoms with van der Waals surface area (Å²) < 4.78 is 5.78. The number of nitrogens with zero attached hydrogens (tertiary/aromatic N) is 1. The van der Waals surface area contributed by atoms with E-state index in [0.717, 1.165) is 23.2 Å². The summed E-state index contributed by atoms with van der Waals surface area (Å²) in [4.78, 5) is 14.1. The number of ether oxygens (including phenoxy) is 1. The number of benzene rings is 2. The fourth-order valence-corrected chi connectivity index (χ4v) is 2.94. The number of likely N-dealkylation sites (N-methyl/N-ethyl adjacent to an activating group) is 1. The lowest BCUT2D eigenvalue weighted by Crippen LogP contribution is -2.32. The van der Waals surface area contributed by atoms with E-state index < -0.39 is 0 Å². The summed E-state index contributed by atoms with van der Waals surface area (Å²) in [6.07, 6.45) is 2.50. The van der Waals surface area contributed by atoms with Gasteiger partial charge in [0.25, 0.3) is 0 Å². The van der Waals surface area contributed by atoms with Crippen molar-refractivity contribution in [2.45, 2.75) is 13.0 Å². The van der Waals surface area contributed by atoms with Crippen LogP contribution in [0, 0.1) is 0 Å². The molecule has 0 aromatic heterocycles. The van der Waals surface area contributed by atoms with Gasteiger partial charge in [-0.3, -0.25) is 4.79 Å². The third-order valence-corrected chi connectivity index (χ3v) is 4.35. The van der Waals surface area contributed by atoms with E-state index in [4.69, 9.17) is 16.3 Å². The second-order valence-electron chi connectivity index (χ2n) is 6.04. The third kappa shape index (κ3) is 4.25. The van der Waals surface area contributed by atoms with Crippen molar-refractivity contribution in [2.75, 3.05) is 20.1 Å². The molecule has 4 heteroatoms. The largest absolute Gasteiger partial charge is 0.487 e. The molecular formula is C20H20ClNO2. The summed E-state index contributed by atoms with van der Waals surface area (Å²) in [6, 6.07) is 15.6. The van der Waals surface area contributed by atoms with E-state index in [1.807, 2.05) is 61.7 Å². The Morgan fingerprint density at radius 1 is 1.21 bits per heavy atom. The van der Waals surface area contributed by atoms with Gasteiger partial charge in [-0.1, -0.05) is 48.0 Å². The minimum absolute atomic E-state index is 0.216. The molecule has 1 aliphatic rings. The summed E-state index contributed by atoms with van der Waals surface area (Å²) in [5, 5.41) is 0.553. The van der Waals surface area contributed by atoms with Crippen molar-refractivity contribution in [1.82, 2.24) is 4.90 Å². The molecule has 1 heterocycles. The number of Topliss-reactive ketones (excluding diaryl/α,β-unsaturated/α-hetero) is 1. The van der Waals surface area contributed by atoms with Crippen LogP contribution in [-0.2, 0) is 11.4 Å². The van der Waals surface area contributed by atoms with Gasteiger partial charge in [-0.2, -0.15) is 0 Å². The van der Waals surface area contributed by atoms with Gasteiger partial charge in [0.05, 0.1) is 5.02 Å². The summed E-state index contributed by atoms with van der Waals surface area (Å²) >= 11 is 6.33. The zero-order valence-corrected chi connectivity index (χ0v) is 14.4. The Bertz CT molecular complexity index is 755. The van der Waals surface area contributed by atoms with Gasteiger partial charge in [-0.05, 0) is 36.4 Å². The standard InChI is InChI=1S/C20H20ClNO2/c1-22-10-9-19(23)17(13-22)11-16-7-8-20(18(21)12-16)24-14-15-5-3-2-4-6-15/h2-8,11-12H,9-10,13-14H2,1H3/b17-11+. The van der Waals surface area contributed by atoms with E-state index in [1.54, 1.807) is 0 Å². The summed E-state index contributed by atoms with van der Waals surface area (Å²) in [5.74, 6) is 0.864. The Hall–Kier alpha value is -2.10. The van der Waals surface area contributed by atoms with Gasteiger partial charge in [0.15, 0.2) is 5.78 Å². The third-order valence-electron chi connectivity index (χ3n) is 4.05. The molecule has 0 atom stereocenters. The van der Waals surface area contributed by atoms with Crippen molar-refractivity contribution < 1.29 is 9.53 Å². The van der Waals surface area contributed by atoms with E-state index in [1.165, 1.54) is 0 Å². The van der Waals surface area contributed by atoms with Gasteiger partial charge in [0.2, 0.25) is 0 Å². The van der Waals surface area contributed by atoms with Crippen molar-refractivity contribution >= 4 is 23.5 Å². The van der Waals surface area contributed by atoms with Crippen LogP contribution in [0.2, 0.25) is 5.02 Å². The zero-order valence-electron chi connectivity index (χ0n) is 13.7. The first-order valence-corrected chi connectivity index (χ1v) is 8.38. The Morgan fingerprint density at radius 2 is 2.00 bits per heavy atom. The lowest BCUT2D eigenvalue weighted by Gasteiger charge is -2.23. The molecule has 3 nitrogen and oxygen atoms in total. The molecule has 0 bridgehead atoms. The van der Waals surface area contributed by atoms with Gasteiger partial charge < -0.3 is 9.64 Å². The fraction of sp³-hybridized carbons (Fsp3) is 0.250. The lowest BCUT2D eigenvalue weighted by atomic mass is 10.0. The quantitative estimate of drug-likeness (QED) is 0.780. The van der Waals surface area contributed by atoms with Crippen molar-refractivity contribution in [3.05, 3.63) is 70.3 Å². The van der Waals surface area contributed by atoms with Gasteiger partial charge in [0.1, 0.15) is 12.4 Å². The molecule has 0 amide bonds. The van der Waals surface area contributed by atoms with Crippen LogP contribution in [0.4, 0.5) is 0 Å². The molecule has 1 saturated heterocycles. The summed E-state index contributed by atoms with van der Waals surface area (Å²) in [6.45, 7) is 1.98. The number of carbonyl (C=O) groups is 1. The van der Waals surface area contributed by atoms with Crippen LogP contribution in [0.15, 0.2) is 54.1 Å². The Morgan fingerprint density at radius 3 is 2.75 bits per heavy atom. The van der Waals surface area contributed by atoms with Crippen molar-refractivity contribution in [3.8, 4) is 5.75 Å². The highest BCUT2D eigenvalue weighted by molar-refractivity contribution is 6.32. The Kier molecular flexibility index (Phi) is 5.34. The molecule has 24 heavy (non-hydrogen) atoms. The van der Waals surface area contributed by atoms with Crippen LogP contribution < -0.4 is 4.74 Å². The summed E-state index contributed by atoms with van der Waals surface area (Å²) in [7, 11) is 2.02. The van der Waals surface area contributed by atoms with Gasteiger partial charge in [0, 0.05) is 25.1 Å². The smallest absolute Gasteiger partial charge is 0.161 e. The van der Waals surface area contributed by atoms with Crippen molar-refractivity contribution in [3.63, 3.8) is 0 Å². The molecule has 124 valence electrons. The maximum atomic E-state index is 12.0.